The second-order valence-corrected chi connectivity index (χ2v) is 7.21. The molecule has 0 amide bonds. The van der Waals surface area contributed by atoms with Crippen molar-refractivity contribution >= 4 is 5.69 Å². The number of anilines is 1. The zero-order chi connectivity index (χ0) is 20.6. The van der Waals surface area contributed by atoms with Crippen LogP contribution in [0.4, 0.5) is 5.69 Å². The minimum absolute atomic E-state index is 0.144. The van der Waals surface area contributed by atoms with E-state index >= 15 is 0 Å². The van der Waals surface area contributed by atoms with Gasteiger partial charge in [0.1, 0.15) is 37.1 Å². The maximum absolute atomic E-state index is 6.01. The lowest BCUT2D eigenvalue weighted by Gasteiger charge is -2.16. The topological polar surface area (TPSA) is 77.8 Å². The fraction of sp³-hybridized carbons (Fsp3) is 0.250. The number of nitrogens with two attached hydrogens (primary N) is 1. The molecule has 4 N–H and O–H groups in total. The number of hydrogen-bond donors (Lipinski definition) is 3. The van der Waals surface area contributed by atoms with Gasteiger partial charge < -0.3 is 19.9 Å². The van der Waals surface area contributed by atoms with Gasteiger partial charge in [-0.15, -0.1) is 0 Å². The van der Waals surface area contributed by atoms with E-state index in [1.807, 2.05) is 72.8 Å². The van der Waals surface area contributed by atoms with Crippen LogP contribution in [0, 0.1) is 0 Å². The molecule has 0 bridgehead atoms. The van der Waals surface area contributed by atoms with Gasteiger partial charge in [0.05, 0.1) is 12.1 Å². The van der Waals surface area contributed by atoms with Crippen molar-refractivity contribution in [2.75, 3.05) is 25.6 Å². The van der Waals surface area contributed by atoms with Crippen LogP contribution in [-0.4, -0.2) is 25.9 Å². The van der Waals surface area contributed by atoms with E-state index in [9.17, 15) is 0 Å². The highest BCUT2D eigenvalue weighted by molar-refractivity contribution is 5.43. The Morgan fingerprint density at radius 1 is 0.767 bits per heavy atom. The first-order valence-corrected chi connectivity index (χ1v) is 10.2. The molecule has 3 aromatic carbocycles. The summed E-state index contributed by atoms with van der Waals surface area (Å²) in [5.74, 6) is 2.49. The van der Waals surface area contributed by atoms with Gasteiger partial charge in [0.15, 0.2) is 0 Å². The molecule has 1 aliphatic heterocycles. The van der Waals surface area contributed by atoms with Crippen molar-refractivity contribution in [3.05, 3.63) is 84.4 Å². The van der Waals surface area contributed by atoms with Gasteiger partial charge in [-0.05, 0) is 36.8 Å². The molecule has 4 rings (SSSR count). The molecule has 30 heavy (non-hydrogen) atoms. The van der Waals surface area contributed by atoms with Gasteiger partial charge in [-0.1, -0.05) is 42.5 Å². The van der Waals surface area contributed by atoms with Crippen molar-refractivity contribution in [1.82, 2.24) is 10.9 Å². The lowest BCUT2D eigenvalue weighted by molar-refractivity contribution is 0.215. The fourth-order valence-electron chi connectivity index (χ4n) is 3.46. The Labute approximate surface area is 176 Å². The third kappa shape index (κ3) is 5.43. The van der Waals surface area contributed by atoms with Crippen LogP contribution >= 0.6 is 0 Å². The second-order valence-electron chi connectivity index (χ2n) is 7.21. The molecule has 3 aromatic rings. The zero-order valence-corrected chi connectivity index (χ0v) is 16.8. The molecule has 1 aliphatic rings. The molecular formula is C24H27N3O3. The highest BCUT2D eigenvalue weighted by atomic mass is 16.5. The highest BCUT2D eigenvalue weighted by Crippen LogP contribution is 2.30. The summed E-state index contributed by atoms with van der Waals surface area (Å²) in [5, 5.41) is 0. The smallest absolute Gasteiger partial charge is 0.124 e. The summed E-state index contributed by atoms with van der Waals surface area (Å²) in [6.45, 7) is 1.53. The van der Waals surface area contributed by atoms with Gasteiger partial charge in [-0.25, -0.2) is 5.43 Å². The summed E-state index contributed by atoms with van der Waals surface area (Å²) in [5.41, 5.74) is 14.3. The van der Waals surface area contributed by atoms with Gasteiger partial charge in [0, 0.05) is 17.3 Å². The van der Waals surface area contributed by atoms with Gasteiger partial charge in [-0.2, -0.15) is 0 Å². The van der Waals surface area contributed by atoms with Crippen molar-refractivity contribution in [2.45, 2.75) is 18.5 Å². The van der Waals surface area contributed by atoms with Gasteiger partial charge in [0.2, 0.25) is 0 Å². The van der Waals surface area contributed by atoms with Gasteiger partial charge in [-0.3, -0.25) is 5.43 Å². The first-order chi connectivity index (χ1) is 14.8. The predicted molar refractivity (Wildman–Crippen MR) is 118 cm³/mol. The number of ether oxygens (including phenoxy) is 3. The first kappa shape index (κ1) is 20.1. The van der Waals surface area contributed by atoms with Crippen LogP contribution in [0.1, 0.15) is 18.0 Å². The van der Waals surface area contributed by atoms with Crippen LogP contribution in [0.5, 0.6) is 17.2 Å². The Bertz CT molecular complexity index is 936. The average molecular weight is 405 g/mol. The van der Waals surface area contributed by atoms with Crippen LogP contribution in [0.3, 0.4) is 0 Å². The zero-order valence-electron chi connectivity index (χ0n) is 16.8. The lowest BCUT2D eigenvalue weighted by atomic mass is 10.0. The number of rotatable bonds is 9. The average Bonchev–Trinajstić information content (AvgIpc) is 3.25. The molecule has 1 saturated heterocycles. The quantitative estimate of drug-likeness (QED) is 0.372. The molecule has 2 atom stereocenters. The van der Waals surface area contributed by atoms with Gasteiger partial charge >= 0.3 is 0 Å². The number of para-hydroxylation sites is 2. The molecule has 156 valence electrons. The van der Waals surface area contributed by atoms with Crippen LogP contribution < -0.4 is 30.8 Å². The number of hydrogen-bond acceptors (Lipinski definition) is 6. The first-order valence-electron chi connectivity index (χ1n) is 10.2. The fourth-order valence-corrected chi connectivity index (χ4v) is 3.46. The molecule has 0 aromatic heterocycles. The number of hydrazine groups is 1. The third-order valence-corrected chi connectivity index (χ3v) is 4.94. The maximum atomic E-state index is 6.01. The van der Waals surface area contributed by atoms with E-state index in [0.29, 0.717) is 25.5 Å². The van der Waals surface area contributed by atoms with E-state index < -0.39 is 0 Å². The summed E-state index contributed by atoms with van der Waals surface area (Å²) in [6, 6.07) is 25.7. The molecule has 1 fully saturated rings. The van der Waals surface area contributed by atoms with E-state index in [0.717, 1.165) is 29.2 Å². The molecule has 2 unspecified atom stereocenters. The largest absolute Gasteiger partial charge is 0.492 e. The van der Waals surface area contributed by atoms with Crippen molar-refractivity contribution in [2.24, 2.45) is 0 Å². The molecule has 6 nitrogen and oxygen atoms in total. The molecule has 0 radical (unpaired) electrons. The van der Waals surface area contributed by atoms with Gasteiger partial charge in [0.25, 0.3) is 0 Å². The summed E-state index contributed by atoms with van der Waals surface area (Å²) >= 11 is 0. The van der Waals surface area contributed by atoms with Crippen LogP contribution in [0.2, 0.25) is 0 Å². The number of benzene rings is 3. The van der Waals surface area contributed by atoms with Crippen LogP contribution in [-0.2, 0) is 0 Å². The predicted octanol–water partition coefficient (Wildman–Crippen LogP) is 3.71. The monoisotopic (exact) mass is 405 g/mol. The summed E-state index contributed by atoms with van der Waals surface area (Å²) < 4.78 is 17.6. The van der Waals surface area contributed by atoms with E-state index in [1.54, 1.807) is 0 Å². The van der Waals surface area contributed by atoms with Crippen molar-refractivity contribution in [3.63, 3.8) is 0 Å². The lowest BCUT2D eigenvalue weighted by Crippen LogP contribution is -2.34. The van der Waals surface area contributed by atoms with Crippen molar-refractivity contribution in [3.8, 4) is 17.2 Å². The molecule has 6 heteroatoms. The van der Waals surface area contributed by atoms with Crippen LogP contribution in [0.15, 0.2) is 78.9 Å². The summed E-state index contributed by atoms with van der Waals surface area (Å²) in [7, 11) is 0. The Morgan fingerprint density at radius 2 is 1.53 bits per heavy atom. The standard InChI is InChI=1S/C24H27N3O3/c25-18-7-6-10-21(15-18)30-17-19-16-23(27-26-19)22-11-4-5-12-24(22)29-14-13-28-20-8-2-1-3-9-20/h1-12,15,19,23,26-27H,13-14,16-17,25H2. The molecular weight excluding hydrogens is 378 g/mol. The van der Waals surface area contributed by atoms with E-state index in [4.69, 9.17) is 19.9 Å². The second kappa shape index (κ2) is 10.0. The summed E-state index contributed by atoms with van der Waals surface area (Å²) in [4.78, 5) is 0. The number of nitrogens with one attached hydrogen (secondary N) is 2. The molecule has 0 spiro atoms. The minimum atomic E-state index is 0.144. The van der Waals surface area contributed by atoms with E-state index in [1.165, 1.54) is 0 Å². The Hall–Kier alpha value is -3.22. The molecule has 1 heterocycles. The van der Waals surface area contributed by atoms with E-state index in [2.05, 4.69) is 16.9 Å². The Balaban J connectivity index is 1.28. The van der Waals surface area contributed by atoms with Crippen molar-refractivity contribution in [1.29, 1.82) is 0 Å². The van der Waals surface area contributed by atoms with E-state index in [-0.39, 0.29) is 12.1 Å². The summed E-state index contributed by atoms with van der Waals surface area (Å²) in [6.07, 6.45) is 0.892. The molecule has 0 aliphatic carbocycles. The minimum Gasteiger partial charge on any atom is -0.492 e. The third-order valence-electron chi connectivity index (χ3n) is 4.94. The number of nitrogen functional groups attached to an aromatic ring is 1. The highest BCUT2D eigenvalue weighted by Gasteiger charge is 2.27. The molecule has 0 saturated carbocycles. The van der Waals surface area contributed by atoms with Crippen molar-refractivity contribution < 1.29 is 14.2 Å². The maximum Gasteiger partial charge on any atom is 0.124 e. The SMILES string of the molecule is Nc1cccc(OCC2CC(c3ccccc3OCCOc3ccccc3)NN2)c1. The Kier molecular flexibility index (Phi) is 6.69. The normalized spacial score (nSPS) is 18.1. The van der Waals surface area contributed by atoms with Crippen LogP contribution in [0.25, 0.3) is 0 Å². The Morgan fingerprint density at radius 3 is 2.40 bits per heavy atom.